The molecule has 2 amide bonds. The maximum atomic E-state index is 14.2. The van der Waals surface area contributed by atoms with Gasteiger partial charge in [0, 0.05) is 31.0 Å². The fraction of sp³-hybridized carbons (Fsp3) is 0.536. The molecule has 0 bridgehead atoms. The van der Waals surface area contributed by atoms with E-state index < -0.39 is 27.4 Å². The van der Waals surface area contributed by atoms with Gasteiger partial charge < -0.3 is 19.6 Å². The third-order valence-corrected chi connectivity index (χ3v) is 9.67. The molecule has 0 aliphatic carbocycles. The molecule has 1 aromatic rings. The number of carbonyl (C=O) groups is 3. The zero-order valence-electron chi connectivity index (χ0n) is 20.7. The van der Waals surface area contributed by atoms with Crippen molar-refractivity contribution in [1.29, 1.82) is 0 Å². The van der Waals surface area contributed by atoms with Crippen LogP contribution in [0.1, 0.15) is 38.2 Å². The Labute approximate surface area is 216 Å². The zero-order valence-corrected chi connectivity index (χ0v) is 21.5. The highest BCUT2D eigenvalue weighted by molar-refractivity contribution is 8.02. The molecule has 1 aromatic carbocycles. The quantitative estimate of drug-likeness (QED) is 0.345. The average molecular weight is 511 g/mol. The van der Waals surface area contributed by atoms with Crippen molar-refractivity contribution in [3.8, 4) is 0 Å². The zero-order chi connectivity index (χ0) is 25.3. The summed E-state index contributed by atoms with van der Waals surface area (Å²) in [4.78, 5) is 45.2. The molecule has 0 radical (unpaired) electrons. The molecule has 4 aliphatic rings. The number of carbonyl (C=O) groups excluding carboxylic acids is 3. The van der Waals surface area contributed by atoms with Crippen LogP contribution in [0.15, 0.2) is 54.6 Å². The van der Waals surface area contributed by atoms with Gasteiger partial charge >= 0.3 is 5.97 Å². The summed E-state index contributed by atoms with van der Waals surface area (Å²) in [5, 5.41) is 9.21. The highest BCUT2D eigenvalue weighted by Gasteiger charge is 2.73. The molecule has 1 unspecified atom stereocenters. The molecule has 0 aromatic heterocycles. The normalized spacial score (nSPS) is 33.5. The first-order valence-electron chi connectivity index (χ1n) is 12.9. The van der Waals surface area contributed by atoms with E-state index in [-0.39, 0.29) is 24.4 Å². The van der Waals surface area contributed by atoms with Crippen LogP contribution in [0.3, 0.4) is 0 Å². The molecular formula is C28H34N2O5S. The molecule has 192 valence electrons. The number of benzene rings is 1. The number of esters is 1. The number of hydrogen-bond donors (Lipinski definition) is 1. The van der Waals surface area contributed by atoms with E-state index in [9.17, 15) is 19.5 Å². The third-order valence-electron chi connectivity index (χ3n) is 7.88. The number of hydrogen-bond acceptors (Lipinski definition) is 6. The minimum atomic E-state index is -0.844. The van der Waals surface area contributed by atoms with Crippen LogP contribution in [0, 0.1) is 11.8 Å². The van der Waals surface area contributed by atoms with Gasteiger partial charge in [-0.25, -0.2) is 0 Å². The van der Waals surface area contributed by atoms with Gasteiger partial charge in [0.2, 0.25) is 11.8 Å². The van der Waals surface area contributed by atoms with Crippen molar-refractivity contribution in [1.82, 2.24) is 9.80 Å². The number of ether oxygens (including phenoxy) is 1. The Balaban J connectivity index is 1.55. The molecule has 36 heavy (non-hydrogen) atoms. The number of unbranched alkanes of at least 4 members (excludes halogenated alkanes) is 2. The number of fused-ring (bicyclic) bond motifs is 2. The monoisotopic (exact) mass is 510 g/mol. The molecule has 5 rings (SSSR count). The van der Waals surface area contributed by atoms with Gasteiger partial charge in [0.25, 0.3) is 0 Å². The predicted octanol–water partition coefficient (Wildman–Crippen LogP) is 2.94. The van der Waals surface area contributed by atoms with E-state index in [1.54, 1.807) is 16.7 Å². The largest absolute Gasteiger partial charge is 0.465 e. The Morgan fingerprint density at radius 3 is 2.61 bits per heavy atom. The first-order chi connectivity index (χ1) is 17.4. The molecule has 8 heteroatoms. The molecule has 4 aliphatic heterocycles. The Bertz CT molecular complexity index is 1070. The van der Waals surface area contributed by atoms with Gasteiger partial charge in [0.15, 0.2) is 0 Å². The van der Waals surface area contributed by atoms with Gasteiger partial charge in [-0.3, -0.25) is 14.4 Å². The number of aliphatic hydroxyl groups excluding tert-OH is 1. The van der Waals surface area contributed by atoms with E-state index >= 15 is 0 Å². The molecule has 0 saturated carbocycles. The van der Waals surface area contributed by atoms with Crippen LogP contribution in [-0.2, 0) is 25.7 Å². The lowest BCUT2D eigenvalue weighted by Crippen LogP contribution is -2.53. The fourth-order valence-electron chi connectivity index (χ4n) is 6.29. The van der Waals surface area contributed by atoms with Crippen molar-refractivity contribution in [2.24, 2.45) is 11.8 Å². The van der Waals surface area contributed by atoms with Gasteiger partial charge in [0.05, 0.1) is 23.2 Å². The van der Waals surface area contributed by atoms with Crippen LogP contribution in [0.2, 0.25) is 0 Å². The summed E-state index contributed by atoms with van der Waals surface area (Å²) < 4.78 is 4.10. The lowest BCUT2D eigenvalue weighted by Gasteiger charge is -2.37. The summed E-state index contributed by atoms with van der Waals surface area (Å²) in [5.74, 6) is -1.89. The number of nitrogens with zero attached hydrogens (tertiary/aromatic N) is 2. The average Bonchev–Trinajstić information content (AvgIpc) is 3.18. The van der Waals surface area contributed by atoms with Crippen molar-refractivity contribution < 1.29 is 24.2 Å². The summed E-state index contributed by atoms with van der Waals surface area (Å²) in [6.07, 6.45) is 10.9. The van der Waals surface area contributed by atoms with Crippen molar-refractivity contribution in [3.05, 3.63) is 60.2 Å². The van der Waals surface area contributed by atoms with E-state index in [4.69, 9.17) is 4.74 Å². The van der Waals surface area contributed by atoms with E-state index in [0.717, 1.165) is 12.0 Å². The fourth-order valence-corrected chi connectivity index (χ4v) is 8.44. The highest BCUT2D eigenvalue weighted by Crippen LogP contribution is 2.65. The highest BCUT2D eigenvalue weighted by atomic mass is 32.2. The maximum Gasteiger partial charge on any atom is 0.311 e. The molecule has 1 N–H and O–H groups in total. The van der Waals surface area contributed by atoms with Gasteiger partial charge in [-0.1, -0.05) is 54.6 Å². The molecule has 2 fully saturated rings. The molecule has 7 nitrogen and oxygen atoms in total. The number of likely N-dealkylation sites (tertiary alicyclic amines) is 1. The second-order valence-corrected chi connectivity index (χ2v) is 12.1. The SMILES string of the molecule is C[C@@]12C=CCCOC(=O)[C@@H]1[C@H]1C(=O)N(CCCCCO)C3C(=O)N(Cc4ccccc4)CC=C[C@@]31S2. The first kappa shape index (κ1) is 25.1. The van der Waals surface area contributed by atoms with E-state index in [0.29, 0.717) is 45.5 Å². The Kier molecular flexibility index (Phi) is 7.01. The molecular weight excluding hydrogens is 476 g/mol. The Hall–Kier alpha value is -2.58. The molecule has 5 atom stereocenters. The van der Waals surface area contributed by atoms with E-state index in [1.807, 2.05) is 60.4 Å². The smallest absolute Gasteiger partial charge is 0.311 e. The topological polar surface area (TPSA) is 87.1 Å². The van der Waals surface area contributed by atoms with Crippen molar-refractivity contribution in [2.45, 2.75) is 54.7 Å². The van der Waals surface area contributed by atoms with Crippen molar-refractivity contribution in [3.63, 3.8) is 0 Å². The standard InChI is InChI=1S/C28H34N2O5S/c1-27-13-6-9-18-35-26(34)22(27)21-24(32)30(16-7-3-8-17-31)23-25(33)29(15-10-14-28(21,23)36-27)19-20-11-4-2-5-12-20/h2,4-6,10-14,21-23,31H,3,7-9,15-19H2,1H3/t21-,22-,23?,27+,28-/m0/s1. The Morgan fingerprint density at radius 2 is 1.83 bits per heavy atom. The number of rotatable bonds is 7. The molecule has 4 heterocycles. The number of cyclic esters (lactones) is 1. The van der Waals surface area contributed by atoms with Crippen molar-refractivity contribution >= 4 is 29.5 Å². The summed E-state index contributed by atoms with van der Waals surface area (Å²) in [6.45, 7) is 3.74. The maximum absolute atomic E-state index is 14.2. The van der Waals surface area contributed by atoms with Crippen LogP contribution in [0.25, 0.3) is 0 Å². The number of thioether (sulfide) groups is 1. The van der Waals surface area contributed by atoms with Crippen LogP contribution in [0.5, 0.6) is 0 Å². The summed E-state index contributed by atoms with van der Waals surface area (Å²) in [7, 11) is 0. The van der Waals surface area contributed by atoms with Gasteiger partial charge in [0.1, 0.15) is 6.04 Å². The lowest BCUT2D eigenvalue weighted by atomic mass is 9.74. The summed E-state index contributed by atoms with van der Waals surface area (Å²) in [5.41, 5.74) is 1.03. The van der Waals surface area contributed by atoms with Gasteiger partial charge in [-0.15, -0.1) is 11.8 Å². The number of amides is 2. The second kappa shape index (κ2) is 10.1. The molecule has 2 saturated heterocycles. The lowest BCUT2D eigenvalue weighted by molar-refractivity contribution is -0.154. The summed E-state index contributed by atoms with van der Waals surface area (Å²) >= 11 is 1.58. The van der Waals surface area contributed by atoms with Gasteiger partial charge in [-0.2, -0.15) is 0 Å². The van der Waals surface area contributed by atoms with Gasteiger partial charge in [-0.05, 0) is 38.2 Å². The second-order valence-electron chi connectivity index (χ2n) is 10.3. The summed E-state index contributed by atoms with van der Waals surface area (Å²) in [6, 6.07) is 9.18. The Morgan fingerprint density at radius 1 is 1.03 bits per heavy atom. The third kappa shape index (κ3) is 4.18. The van der Waals surface area contributed by atoms with Crippen molar-refractivity contribution in [2.75, 3.05) is 26.3 Å². The van der Waals surface area contributed by atoms with E-state index in [2.05, 4.69) is 6.08 Å². The van der Waals surface area contributed by atoms with Crippen LogP contribution in [-0.4, -0.2) is 74.5 Å². The van der Waals surface area contributed by atoms with Crippen LogP contribution >= 0.6 is 11.8 Å². The first-order valence-corrected chi connectivity index (χ1v) is 13.7. The van der Waals surface area contributed by atoms with Crippen LogP contribution in [0.4, 0.5) is 0 Å². The van der Waals surface area contributed by atoms with E-state index in [1.165, 1.54) is 0 Å². The molecule has 1 spiro atoms. The van der Waals surface area contributed by atoms with Crippen LogP contribution < -0.4 is 0 Å². The number of aliphatic hydroxyl groups is 1. The minimum Gasteiger partial charge on any atom is -0.465 e. The predicted molar refractivity (Wildman–Crippen MR) is 138 cm³/mol. The minimum absolute atomic E-state index is 0.0791.